The lowest BCUT2D eigenvalue weighted by atomic mass is 10.0. The molecule has 0 N–H and O–H groups in total. The van der Waals surface area contributed by atoms with E-state index >= 15 is 0 Å². The van der Waals surface area contributed by atoms with Crippen LogP contribution in [0.2, 0.25) is 0 Å². The SMILES string of the molecule is [2H]c1c([2H])c([2H])c(-c2ccc(-c3nc(-c4ccccc4)nc(-n4c5ccccc5c5c4ccc4c6ccccc6n(-c6ccccc6)c45)n3)cc2)c([2H])c1[2H]. The van der Waals surface area contributed by atoms with Gasteiger partial charge in [0.2, 0.25) is 5.95 Å². The highest BCUT2D eigenvalue weighted by Gasteiger charge is 2.22. The summed E-state index contributed by atoms with van der Waals surface area (Å²) >= 11 is 0. The molecule has 234 valence electrons. The third-order valence-corrected chi connectivity index (χ3v) is 9.27. The molecule has 0 saturated carbocycles. The predicted molar refractivity (Wildman–Crippen MR) is 205 cm³/mol. The molecule has 0 atom stereocenters. The molecule has 50 heavy (non-hydrogen) atoms. The van der Waals surface area contributed by atoms with E-state index in [2.05, 4.69) is 88.0 Å². The van der Waals surface area contributed by atoms with E-state index < -0.39 is 6.04 Å². The van der Waals surface area contributed by atoms with E-state index in [0.717, 1.165) is 49.5 Å². The van der Waals surface area contributed by atoms with Gasteiger partial charge < -0.3 is 4.57 Å². The van der Waals surface area contributed by atoms with Crippen LogP contribution in [-0.4, -0.2) is 24.1 Å². The minimum absolute atomic E-state index is 0.142. The average molecular weight is 645 g/mol. The lowest BCUT2D eigenvalue weighted by molar-refractivity contribution is 0.953. The molecule has 0 saturated heterocycles. The Balaban J connectivity index is 1.23. The van der Waals surface area contributed by atoms with Crippen LogP contribution in [0.4, 0.5) is 0 Å². The Morgan fingerprint density at radius 3 is 1.70 bits per heavy atom. The molecule has 0 unspecified atom stereocenters. The van der Waals surface area contributed by atoms with Crippen molar-refractivity contribution in [3.05, 3.63) is 176 Å². The number of rotatable bonds is 5. The summed E-state index contributed by atoms with van der Waals surface area (Å²) in [6.07, 6.45) is 0. The van der Waals surface area contributed by atoms with Crippen LogP contribution in [0.5, 0.6) is 0 Å². The zero-order valence-corrected chi connectivity index (χ0v) is 26.6. The highest BCUT2D eigenvalue weighted by Crippen LogP contribution is 2.41. The summed E-state index contributed by atoms with van der Waals surface area (Å²) in [5.74, 6) is 1.38. The van der Waals surface area contributed by atoms with Crippen LogP contribution in [-0.2, 0) is 0 Å². The molecule has 3 heterocycles. The fourth-order valence-electron chi connectivity index (χ4n) is 7.06. The van der Waals surface area contributed by atoms with Gasteiger partial charge in [-0.2, -0.15) is 9.97 Å². The van der Waals surface area contributed by atoms with Crippen molar-refractivity contribution < 1.29 is 6.85 Å². The van der Waals surface area contributed by atoms with Crippen molar-refractivity contribution in [3.63, 3.8) is 0 Å². The Bertz CT molecular complexity index is 3110. The molecule has 0 aliphatic heterocycles. The lowest BCUT2D eigenvalue weighted by Gasteiger charge is -2.11. The number of nitrogens with zero attached hydrogens (tertiary/aromatic N) is 5. The van der Waals surface area contributed by atoms with Gasteiger partial charge in [0.15, 0.2) is 11.6 Å². The van der Waals surface area contributed by atoms with Crippen LogP contribution in [0.1, 0.15) is 6.85 Å². The topological polar surface area (TPSA) is 48.5 Å². The van der Waals surface area contributed by atoms with E-state index in [1.165, 1.54) is 5.39 Å². The zero-order chi connectivity index (χ0) is 37.4. The van der Waals surface area contributed by atoms with Gasteiger partial charge in [-0.25, -0.2) is 4.98 Å². The Hall–Kier alpha value is -6.85. The van der Waals surface area contributed by atoms with Gasteiger partial charge in [0.05, 0.1) is 28.9 Å². The second-order valence-electron chi connectivity index (χ2n) is 12.1. The van der Waals surface area contributed by atoms with Crippen molar-refractivity contribution in [3.8, 4) is 45.5 Å². The fourth-order valence-corrected chi connectivity index (χ4v) is 7.06. The van der Waals surface area contributed by atoms with Gasteiger partial charge in [-0.05, 0) is 41.5 Å². The summed E-state index contributed by atoms with van der Waals surface area (Å²) in [6, 6.07) is 46.9. The second kappa shape index (κ2) is 11.4. The summed E-state index contributed by atoms with van der Waals surface area (Å²) in [4.78, 5) is 15.2. The Kier molecular flexibility index (Phi) is 5.35. The van der Waals surface area contributed by atoms with E-state index in [1.54, 1.807) is 12.1 Å². The largest absolute Gasteiger partial charge is 0.309 e. The van der Waals surface area contributed by atoms with Crippen LogP contribution in [0, 0.1) is 0 Å². The average Bonchev–Trinajstić information content (AvgIpc) is 3.76. The third kappa shape index (κ3) is 4.45. The predicted octanol–water partition coefficient (Wildman–Crippen LogP) is 11.1. The highest BCUT2D eigenvalue weighted by molar-refractivity contribution is 6.26. The molecule has 5 nitrogen and oxygen atoms in total. The van der Waals surface area contributed by atoms with Crippen LogP contribution in [0.3, 0.4) is 0 Å². The Morgan fingerprint density at radius 1 is 0.400 bits per heavy atom. The maximum Gasteiger partial charge on any atom is 0.238 e. The number of aromatic nitrogens is 5. The normalized spacial score (nSPS) is 13.0. The smallest absolute Gasteiger partial charge is 0.238 e. The summed E-state index contributed by atoms with van der Waals surface area (Å²) < 4.78 is 45.8. The molecule has 0 radical (unpaired) electrons. The summed E-state index contributed by atoms with van der Waals surface area (Å²) in [7, 11) is 0. The molecule has 0 aliphatic carbocycles. The van der Waals surface area contributed by atoms with Gasteiger partial charge in [-0.15, -0.1) is 0 Å². The van der Waals surface area contributed by atoms with E-state index in [9.17, 15) is 0 Å². The van der Waals surface area contributed by atoms with Gasteiger partial charge in [-0.1, -0.05) is 145 Å². The Labute approximate surface area is 295 Å². The molecular formula is C45H29N5. The number of hydrogen-bond donors (Lipinski definition) is 0. The monoisotopic (exact) mass is 644 g/mol. The first kappa shape index (κ1) is 23.5. The number of fused-ring (bicyclic) bond motifs is 7. The molecule has 0 spiro atoms. The summed E-state index contributed by atoms with van der Waals surface area (Å²) in [6.45, 7) is 0. The Morgan fingerprint density at radius 2 is 0.980 bits per heavy atom. The minimum atomic E-state index is -0.422. The first-order valence-corrected chi connectivity index (χ1v) is 16.4. The first-order valence-electron chi connectivity index (χ1n) is 18.9. The van der Waals surface area contributed by atoms with Crippen molar-refractivity contribution in [2.45, 2.75) is 0 Å². The van der Waals surface area contributed by atoms with Crippen LogP contribution < -0.4 is 0 Å². The maximum absolute atomic E-state index is 8.49. The molecule has 0 bridgehead atoms. The molecule has 0 aliphatic rings. The van der Waals surface area contributed by atoms with E-state index in [-0.39, 0.29) is 29.7 Å². The van der Waals surface area contributed by atoms with Crippen molar-refractivity contribution in [2.24, 2.45) is 0 Å². The number of hydrogen-bond acceptors (Lipinski definition) is 3. The van der Waals surface area contributed by atoms with Gasteiger partial charge in [-0.3, -0.25) is 4.57 Å². The molecule has 0 amide bonds. The fraction of sp³-hybridized carbons (Fsp3) is 0. The molecule has 10 aromatic rings. The molecule has 7 aromatic carbocycles. The van der Waals surface area contributed by atoms with Crippen molar-refractivity contribution >= 4 is 43.6 Å². The maximum atomic E-state index is 8.49. The third-order valence-electron chi connectivity index (χ3n) is 9.27. The van der Waals surface area contributed by atoms with Crippen LogP contribution >= 0.6 is 0 Å². The van der Waals surface area contributed by atoms with Crippen molar-refractivity contribution in [2.75, 3.05) is 0 Å². The van der Waals surface area contributed by atoms with E-state index in [1.807, 2.05) is 54.6 Å². The standard InChI is InChI=1S/C45H29N5/c1-4-14-30(15-5-1)31-24-26-33(27-25-31)44-46-43(32-16-6-2-7-17-32)47-45(48-44)50-39-23-13-11-21-37(39)41-40(50)29-28-36-35-20-10-12-22-38(35)49(42(36)41)34-18-8-3-9-19-34/h1-29H/i1D,4D,5D,14D,15D. The molecule has 10 rings (SSSR count). The molecule has 5 heteroatoms. The van der Waals surface area contributed by atoms with Crippen LogP contribution in [0.15, 0.2) is 176 Å². The van der Waals surface area contributed by atoms with Crippen LogP contribution in [0.25, 0.3) is 89.2 Å². The van der Waals surface area contributed by atoms with Crippen molar-refractivity contribution in [1.29, 1.82) is 0 Å². The second-order valence-corrected chi connectivity index (χ2v) is 12.1. The molecular weight excluding hydrogens is 611 g/mol. The molecule has 3 aromatic heterocycles. The number of benzene rings is 7. The number of para-hydroxylation sites is 3. The van der Waals surface area contributed by atoms with Crippen molar-refractivity contribution in [1.82, 2.24) is 24.1 Å². The highest BCUT2D eigenvalue weighted by atomic mass is 15.2. The first-order chi connectivity index (χ1) is 26.9. The molecule has 0 fully saturated rings. The lowest BCUT2D eigenvalue weighted by Crippen LogP contribution is -2.06. The summed E-state index contributed by atoms with van der Waals surface area (Å²) in [5, 5.41) is 4.46. The summed E-state index contributed by atoms with van der Waals surface area (Å²) in [5.41, 5.74) is 7.33. The van der Waals surface area contributed by atoms with E-state index in [0.29, 0.717) is 28.7 Å². The van der Waals surface area contributed by atoms with Gasteiger partial charge in [0.1, 0.15) is 0 Å². The zero-order valence-electron chi connectivity index (χ0n) is 31.6. The van der Waals surface area contributed by atoms with Gasteiger partial charge in [0, 0.05) is 38.4 Å². The van der Waals surface area contributed by atoms with E-state index in [4.69, 9.17) is 21.8 Å². The quantitative estimate of drug-likeness (QED) is 0.187. The van der Waals surface area contributed by atoms with Gasteiger partial charge >= 0.3 is 0 Å². The minimum Gasteiger partial charge on any atom is -0.309 e. The van der Waals surface area contributed by atoms with Gasteiger partial charge in [0.25, 0.3) is 0 Å².